The molecule has 0 aliphatic carbocycles. The summed E-state index contributed by atoms with van der Waals surface area (Å²) in [7, 11) is 0. The normalized spacial score (nSPS) is 11.8. The SMILES string of the molecule is CCOC(=O)c1sc(NC(=O)C(CC)n2cc(Cl)cn2)c(C(=O)OCC)c1C. The van der Waals surface area contributed by atoms with Crippen molar-refractivity contribution in [3.8, 4) is 0 Å². The van der Waals surface area contributed by atoms with Crippen molar-refractivity contribution in [1.82, 2.24) is 9.78 Å². The van der Waals surface area contributed by atoms with Crippen LogP contribution < -0.4 is 5.32 Å². The Morgan fingerprint density at radius 2 is 1.86 bits per heavy atom. The molecule has 2 aromatic heterocycles. The third kappa shape index (κ3) is 4.71. The van der Waals surface area contributed by atoms with Crippen LogP contribution in [0.3, 0.4) is 0 Å². The number of anilines is 1. The van der Waals surface area contributed by atoms with Gasteiger partial charge in [0.05, 0.1) is 30.0 Å². The summed E-state index contributed by atoms with van der Waals surface area (Å²) in [6.07, 6.45) is 3.44. The monoisotopic (exact) mass is 427 g/mol. The molecule has 1 N–H and O–H groups in total. The second-order valence-corrected chi connectivity index (χ2v) is 7.21. The zero-order valence-corrected chi connectivity index (χ0v) is 17.6. The van der Waals surface area contributed by atoms with E-state index in [1.54, 1.807) is 27.0 Å². The molecule has 2 rings (SSSR count). The number of carbonyl (C=O) groups is 3. The van der Waals surface area contributed by atoms with Crippen LogP contribution in [0, 0.1) is 6.92 Å². The maximum absolute atomic E-state index is 12.8. The molecule has 0 saturated heterocycles. The van der Waals surface area contributed by atoms with Crippen LogP contribution in [0.1, 0.15) is 58.8 Å². The summed E-state index contributed by atoms with van der Waals surface area (Å²) in [6, 6.07) is -0.629. The van der Waals surface area contributed by atoms with E-state index >= 15 is 0 Å². The predicted octanol–water partition coefficient (Wildman–Crippen LogP) is 3.85. The highest BCUT2D eigenvalue weighted by Crippen LogP contribution is 2.35. The van der Waals surface area contributed by atoms with Crippen molar-refractivity contribution >= 4 is 45.8 Å². The van der Waals surface area contributed by atoms with E-state index in [4.69, 9.17) is 21.1 Å². The van der Waals surface area contributed by atoms with Crippen LogP contribution in [-0.2, 0) is 14.3 Å². The standard InChI is InChI=1S/C18H22ClN3O5S/c1-5-12(22-9-11(19)8-20-22)15(23)21-16-13(17(24)26-6-2)10(4)14(28-16)18(25)27-7-3/h8-9,12H,5-7H2,1-4H3,(H,21,23). The van der Waals surface area contributed by atoms with Gasteiger partial charge in [-0.1, -0.05) is 18.5 Å². The predicted molar refractivity (Wildman–Crippen MR) is 106 cm³/mol. The fourth-order valence-electron chi connectivity index (χ4n) is 2.62. The van der Waals surface area contributed by atoms with E-state index in [0.717, 1.165) is 11.3 Å². The quantitative estimate of drug-likeness (QED) is 0.642. The van der Waals surface area contributed by atoms with Gasteiger partial charge in [-0.3, -0.25) is 9.48 Å². The average molecular weight is 428 g/mol. The zero-order valence-electron chi connectivity index (χ0n) is 16.1. The molecule has 0 aliphatic rings. The highest BCUT2D eigenvalue weighted by Gasteiger charge is 2.29. The van der Waals surface area contributed by atoms with Gasteiger partial charge in [-0.2, -0.15) is 5.10 Å². The van der Waals surface area contributed by atoms with Crippen LogP contribution in [0.15, 0.2) is 12.4 Å². The van der Waals surface area contributed by atoms with Crippen LogP contribution >= 0.6 is 22.9 Å². The lowest BCUT2D eigenvalue weighted by molar-refractivity contribution is -0.119. The maximum Gasteiger partial charge on any atom is 0.348 e. The van der Waals surface area contributed by atoms with E-state index in [1.165, 1.54) is 10.9 Å². The molecule has 8 nitrogen and oxygen atoms in total. The molecule has 0 bridgehead atoms. The summed E-state index contributed by atoms with van der Waals surface area (Å²) < 4.78 is 11.6. The van der Waals surface area contributed by atoms with Gasteiger partial charge in [-0.25, -0.2) is 9.59 Å². The minimum absolute atomic E-state index is 0.150. The van der Waals surface area contributed by atoms with Crippen LogP contribution in [0.2, 0.25) is 5.02 Å². The number of amides is 1. The average Bonchev–Trinajstić information content (AvgIpc) is 3.19. The Balaban J connectivity index is 2.39. The number of carbonyl (C=O) groups excluding carboxylic acids is 3. The van der Waals surface area contributed by atoms with Gasteiger partial charge in [-0.15, -0.1) is 11.3 Å². The number of aromatic nitrogens is 2. The van der Waals surface area contributed by atoms with E-state index in [2.05, 4.69) is 10.4 Å². The first-order chi connectivity index (χ1) is 13.3. The molecule has 1 atom stereocenters. The van der Waals surface area contributed by atoms with Crippen molar-refractivity contribution in [2.75, 3.05) is 18.5 Å². The lowest BCUT2D eigenvalue weighted by atomic mass is 10.1. The first kappa shape index (κ1) is 21.9. The summed E-state index contributed by atoms with van der Waals surface area (Å²) in [5.41, 5.74) is 0.559. The van der Waals surface area contributed by atoms with Gasteiger partial charge in [0, 0.05) is 6.20 Å². The molecular weight excluding hydrogens is 406 g/mol. The number of nitrogens with zero attached hydrogens (tertiary/aromatic N) is 2. The molecule has 0 fully saturated rings. The Bertz CT molecular complexity index is 877. The second-order valence-electron chi connectivity index (χ2n) is 5.75. The van der Waals surface area contributed by atoms with E-state index < -0.39 is 18.0 Å². The van der Waals surface area contributed by atoms with E-state index in [0.29, 0.717) is 17.0 Å². The van der Waals surface area contributed by atoms with Gasteiger partial charge in [0.25, 0.3) is 0 Å². The molecule has 2 heterocycles. The smallest absolute Gasteiger partial charge is 0.348 e. The molecule has 10 heteroatoms. The molecule has 0 aliphatic heterocycles. The topological polar surface area (TPSA) is 99.5 Å². The number of esters is 2. The van der Waals surface area contributed by atoms with Gasteiger partial charge in [-0.05, 0) is 32.8 Å². The Labute approximate surface area is 171 Å². The first-order valence-electron chi connectivity index (χ1n) is 8.82. The van der Waals surface area contributed by atoms with Gasteiger partial charge in [0.2, 0.25) is 5.91 Å². The summed E-state index contributed by atoms with van der Waals surface area (Å²) in [6.45, 7) is 7.19. The van der Waals surface area contributed by atoms with Gasteiger partial charge in [0.15, 0.2) is 0 Å². The number of hydrogen-bond donors (Lipinski definition) is 1. The first-order valence-corrected chi connectivity index (χ1v) is 10.0. The minimum atomic E-state index is -0.629. The molecule has 1 unspecified atom stereocenters. The molecular formula is C18H22ClN3O5S. The molecule has 2 aromatic rings. The zero-order chi connectivity index (χ0) is 20.8. The van der Waals surface area contributed by atoms with E-state index in [1.807, 2.05) is 6.92 Å². The van der Waals surface area contributed by atoms with Gasteiger partial charge >= 0.3 is 11.9 Å². The summed E-state index contributed by atoms with van der Waals surface area (Å²) in [5, 5.41) is 7.46. The third-order valence-electron chi connectivity index (χ3n) is 3.90. The number of nitrogens with one attached hydrogen (secondary N) is 1. The van der Waals surface area contributed by atoms with Gasteiger partial charge in [0.1, 0.15) is 15.9 Å². The van der Waals surface area contributed by atoms with Crippen molar-refractivity contribution < 1.29 is 23.9 Å². The summed E-state index contributed by atoms with van der Waals surface area (Å²) in [4.78, 5) is 37.7. The number of ether oxygens (including phenoxy) is 2. The number of hydrogen-bond acceptors (Lipinski definition) is 7. The fraction of sp³-hybridized carbons (Fsp3) is 0.444. The van der Waals surface area contributed by atoms with E-state index in [-0.39, 0.29) is 34.6 Å². The largest absolute Gasteiger partial charge is 0.462 e. The lowest BCUT2D eigenvalue weighted by Gasteiger charge is -2.15. The van der Waals surface area contributed by atoms with Crippen molar-refractivity contribution in [1.29, 1.82) is 0 Å². The highest BCUT2D eigenvalue weighted by molar-refractivity contribution is 7.18. The van der Waals surface area contributed by atoms with Crippen LogP contribution in [0.5, 0.6) is 0 Å². The number of thiophene rings is 1. The maximum atomic E-state index is 12.8. The molecule has 0 saturated carbocycles. The number of halogens is 1. The molecule has 0 spiro atoms. The Hall–Kier alpha value is -2.39. The summed E-state index contributed by atoms with van der Waals surface area (Å²) in [5.74, 6) is -1.55. The van der Waals surface area contributed by atoms with Crippen LogP contribution in [0.4, 0.5) is 5.00 Å². The summed E-state index contributed by atoms with van der Waals surface area (Å²) >= 11 is 6.87. The van der Waals surface area contributed by atoms with Crippen molar-refractivity contribution in [3.05, 3.63) is 33.4 Å². The molecule has 1 amide bonds. The second kappa shape index (κ2) is 9.70. The molecule has 0 aromatic carbocycles. The van der Waals surface area contributed by atoms with Crippen LogP contribution in [0.25, 0.3) is 0 Å². The third-order valence-corrected chi connectivity index (χ3v) is 5.29. The molecule has 152 valence electrons. The van der Waals surface area contributed by atoms with Gasteiger partial charge < -0.3 is 14.8 Å². The molecule has 0 radical (unpaired) electrons. The Morgan fingerprint density at radius 3 is 2.39 bits per heavy atom. The van der Waals surface area contributed by atoms with Crippen LogP contribution in [-0.4, -0.2) is 40.8 Å². The lowest BCUT2D eigenvalue weighted by Crippen LogP contribution is -2.26. The Kier molecular flexibility index (Phi) is 7.59. The van der Waals surface area contributed by atoms with Crippen molar-refractivity contribution in [3.63, 3.8) is 0 Å². The van der Waals surface area contributed by atoms with Crippen molar-refractivity contribution in [2.45, 2.75) is 40.2 Å². The van der Waals surface area contributed by atoms with Crippen molar-refractivity contribution in [2.24, 2.45) is 0 Å². The number of rotatable bonds is 8. The minimum Gasteiger partial charge on any atom is -0.462 e. The van der Waals surface area contributed by atoms with E-state index in [9.17, 15) is 14.4 Å². The Morgan fingerprint density at radius 1 is 1.21 bits per heavy atom. The molecule has 28 heavy (non-hydrogen) atoms. The fourth-order valence-corrected chi connectivity index (χ4v) is 3.85. The highest BCUT2D eigenvalue weighted by atomic mass is 35.5.